The molecule has 0 bridgehead atoms. The fourth-order valence-corrected chi connectivity index (χ4v) is 17.4. The maximum absolute atomic E-state index is 14.4. The van der Waals surface area contributed by atoms with Crippen LogP contribution in [0.2, 0.25) is 4.73 Å². The van der Waals surface area contributed by atoms with Gasteiger partial charge >= 0.3 is 268 Å². The van der Waals surface area contributed by atoms with Gasteiger partial charge in [0.25, 0.3) is 0 Å². The van der Waals surface area contributed by atoms with Crippen molar-refractivity contribution < 1.29 is 26.9 Å². The van der Waals surface area contributed by atoms with Crippen molar-refractivity contribution in [2.75, 3.05) is 24.6 Å². The fraction of sp³-hybridized carbons (Fsp3) is 1.00. The van der Waals surface area contributed by atoms with E-state index < -0.39 is 33.6 Å². The van der Waals surface area contributed by atoms with Crippen LogP contribution in [0.1, 0.15) is 195 Å². The SMILES string of the molecule is CCCCCCCCP(CCCCCCCC)[O][Ti](=[O])([CH2]CC)[O]P(CCCCCCCC)CCCCCCCC. The Kier molecular flexibility index (Phi) is 33.7. The number of hydrogen-bond donors (Lipinski definition) is 0. The Balaban J connectivity index is 5.16. The van der Waals surface area contributed by atoms with Crippen LogP contribution in [-0.2, 0) is 26.9 Å². The van der Waals surface area contributed by atoms with E-state index in [1.165, 1.54) is 154 Å². The quantitative estimate of drug-likeness (QED) is 0.0394. The first kappa shape index (κ1) is 42.3. The van der Waals surface area contributed by atoms with E-state index in [2.05, 4.69) is 34.6 Å². The molecule has 41 heavy (non-hydrogen) atoms. The molecule has 0 aromatic rings. The summed E-state index contributed by atoms with van der Waals surface area (Å²) in [6.07, 6.45) is 37.0. The van der Waals surface area contributed by atoms with Crippen LogP contribution < -0.4 is 0 Å². The van der Waals surface area contributed by atoms with Gasteiger partial charge in [-0.25, -0.2) is 0 Å². The zero-order valence-corrected chi connectivity index (χ0v) is 32.2. The molecule has 0 fully saturated rings. The summed E-state index contributed by atoms with van der Waals surface area (Å²) in [5, 5.41) is 0. The third-order valence-corrected chi connectivity index (χ3v) is 19.2. The second-order valence-electron chi connectivity index (χ2n) is 12.5. The van der Waals surface area contributed by atoms with E-state index in [1.807, 2.05) is 0 Å². The molecule has 247 valence electrons. The van der Waals surface area contributed by atoms with E-state index in [-0.39, 0.29) is 0 Å². The summed E-state index contributed by atoms with van der Waals surface area (Å²) >= 11 is -4.01. The van der Waals surface area contributed by atoms with E-state index in [0.29, 0.717) is 4.73 Å². The molecule has 0 heterocycles. The summed E-state index contributed by atoms with van der Waals surface area (Å²) in [5.41, 5.74) is 0. The first-order valence-corrected chi connectivity index (χ1v) is 24.9. The molecule has 6 heteroatoms. The Morgan fingerprint density at radius 2 is 0.610 bits per heavy atom. The normalized spacial score (nSPS) is 12.3. The van der Waals surface area contributed by atoms with Gasteiger partial charge in [-0.05, 0) is 0 Å². The molecule has 0 radical (unpaired) electrons. The molecule has 0 atom stereocenters. The predicted molar refractivity (Wildman–Crippen MR) is 185 cm³/mol. The van der Waals surface area contributed by atoms with Crippen LogP contribution in [0.4, 0.5) is 0 Å². The molecule has 0 aromatic heterocycles. The monoisotopic (exact) mass is 653 g/mol. The van der Waals surface area contributed by atoms with Crippen LogP contribution in [0, 0.1) is 0 Å². The Morgan fingerprint density at radius 3 is 0.854 bits per heavy atom. The van der Waals surface area contributed by atoms with Crippen LogP contribution in [0.3, 0.4) is 0 Å². The molecule has 0 rings (SSSR count). The van der Waals surface area contributed by atoms with Crippen molar-refractivity contribution in [3.63, 3.8) is 0 Å². The van der Waals surface area contributed by atoms with E-state index >= 15 is 0 Å². The number of rotatable bonds is 34. The van der Waals surface area contributed by atoms with Crippen molar-refractivity contribution in [1.29, 1.82) is 0 Å². The van der Waals surface area contributed by atoms with Gasteiger partial charge in [0.05, 0.1) is 0 Å². The van der Waals surface area contributed by atoms with E-state index in [9.17, 15) is 3.32 Å². The summed E-state index contributed by atoms with van der Waals surface area (Å²) in [6, 6.07) is 0. The standard InChI is InChI=1S/2C16H34OP.C3H7.O.Ti/c2*1-3-5-7-9-11-13-15-18(17)16-14-12-10-8-6-4-2;1-3-2;;/h2*3-16H2,1-2H3;1,3H2,2H3;;/q2*-1;;;+2. The van der Waals surface area contributed by atoms with Gasteiger partial charge < -0.3 is 0 Å². The molecule has 3 nitrogen and oxygen atoms in total. The zero-order valence-electron chi connectivity index (χ0n) is 28.8. The second kappa shape index (κ2) is 32.7. The van der Waals surface area contributed by atoms with Crippen LogP contribution in [0.5, 0.6) is 0 Å². The number of hydrogen-bond acceptors (Lipinski definition) is 3. The van der Waals surface area contributed by atoms with Crippen LogP contribution in [0.15, 0.2) is 0 Å². The molecule has 0 aliphatic heterocycles. The molecule has 0 amide bonds. The van der Waals surface area contributed by atoms with Crippen LogP contribution in [0.25, 0.3) is 0 Å². The predicted octanol–water partition coefficient (Wildman–Crippen LogP) is 14.4. The average Bonchev–Trinajstić information content (AvgIpc) is 2.95. The Bertz CT molecular complexity index is 490. The molecule has 0 aromatic carbocycles. The minimum atomic E-state index is -4.01. The van der Waals surface area contributed by atoms with Crippen molar-refractivity contribution in [3.05, 3.63) is 0 Å². The number of unbranched alkanes of at least 4 members (excludes halogenated alkanes) is 20. The average molecular weight is 654 g/mol. The molecule has 0 N–H and O–H groups in total. The molecular formula is C35H75O3P2Ti. The van der Waals surface area contributed by atoms with Crippen LogP contribution >= 0.6 is 16.3 Å². The second-order valence-corrected chi connectivity index (χ2v) is 21.3. The summed E-state index contributed by atoms with van der Waals surface area (Å²) in [7, 11) is -1.26. The van der Waals surface area contributed by atoms with Gasteiger partial charge in [-0.15, -0.1) is 0 Å². The molecule has 0 unspecified atom stereocenters. The fourth-order valence-electron chi connectivity index (χ4n) is 5.49. The van der Waals surface area contributed by atoms with Crippen molar-refractivity contribution in [3.8, 4) is 0 Å². The van der Waals surface area contributed by atoms with Crippen molar-refractivity contribution in [2.45, 2.75) is 200 Å². The maximum atomic E-state index is 14.4. The van der Waals surface area contributed by atoms with Gasteiger partial charge in [0.15, 0.2) is 0 Å². The molecule has 0 aliphatic rings. The van der Waals surface area contributed by atoms with Crippen molar-refractivity contribution in [1.82, 2.24) is 0 Å². The molecular weight excluding hydrogens is 578 g/mol. The third kappa shape index (κ3) is 28.5. The van der Waals surface area contributed by atoms with Crippen molar-refractivity contribution >= 4 is 16.3 Å². The Labute approximate surface area is 266 Å². The Hall–Kier alpha value is 1.29. The third-order valence-electron chi connectivity index (χ3n) is 8.14. The summed E-state index contributed by atoms with van der Waals surface area (Å²) in [4.78, 5) is 0. The van der Waals surface area contributed by atoms with Crippen LogP contribution in [-0.4, -0.2) is 24.6 Å². The van der Waals surface area contributed by atoms with Gasteiger partial charge in [-0.2, -0.15) is 0 Å². The van der Waals surface area contributed by atoms with Gasteiger partial charge in [-0.1, -0.05) is 0 Å². The van der Waals surface area contributed by atoms with Gasteiger partial charge in [0.1, 0.15) is 0 Å². The first-order chi connectivity index (χ1) is 20.0. The van der Waals surface area contributed by atoms with Gasteiger partial charge in [0.2, 0.25) is 0 Å². The topological polar surface area (TPSA) is 35.5 Å². The first-order valence-electron chi connectivity index (χ1n) is 18.6. The van der Waals surface area contributed by atoms with E-state index in [0.717, 1.165) is 31.1 Å². The Morgan fingerprint density at radius 1 is 0.366 bits per heavy atom. The van der Waals surface area contributed by atoms with Gasteiger partial charge in [-0.3, -0.25) is 0 Å². The summed E-state index contributed by atoms with van der Waals surface area (Å²) in [6.45, 7) is 11.3. The minimum absolute atomic E-state index is 0.629. The molecule has 0 aliphatic carbocycles. The van der Waals surface area contributed by atoms with Gasteiger partial charge in [0, 0.05) is 0 Å². The zero-order chi connectivity index (χ0) is 30.3. The van der Waals surface area contributed by atoms with E-state index in [1.54, 1.807) is 0 Å². The summed E-state index contributed by atoms with van der Waals surface area (Å²) < 4.78 is 28.6. The summed E-state index contributed by atoms with van der Waals surface area (Å²) in [5.74, 6) is 0. The van der Waals surface area contributed by atoms with Crippen molar-refractivity contribution in [2.24, 2.45) is 0 Å². The molecule has 0 saturated heterocycles. The molecule has 0 spiro atoms. The van der Waals surface area contributed by atoms with E-state index in [4.69, 9.17) is 6.21 Å². The molecule has 0 saturated carbocycles.